The van der Waals surface area contributed by atoms with Gasteiger partial charge in [-0.3, -0.25) is 9.59 Å². The van der Waals surface area contributed by atoms with Crippen LogP contribution in [0.25, 0.3) is 0 Å². The number of carbonyl (C=O) groups excluding carboxylic acids is 2. The third-order valence-electron chi connectivity index (χ3n) is 4.79. The molecule has 1 N–H and O–H groups in total. The van der Waals surface area contributed by atoms with Gasteiger partial charge in [0.15, 0.2) is 0 Å². The number of likely N-dealkylation sites (tertiary alicyclic amines) is 1. The second kappa shape index (κ2) is 7.34. The summed E-state index contributed by atoms with van der Waals surface area (Å²) in [6.45, 7) is 1.66. The molecule has 0 spiro atoms. The van der Waals surface area contributed by atoms with Gasteiger partial charge in [-0.25, -0.2) is 18.0 Å². The first kappa shape index (κ1) is 18.8. The third-order valence-corrected chi connectivity index (χ3v) is 6.31. The molecule has 1 aromatic rings. The fraction of sp³-hybridized carbons (Fsp3) is 0.529. The molecule has 9 heteroatoms. The highest BCUT2D eigenvalue weighted by atomic mass is 32.2. The molecule has 2 aliphatic heterocycles. The number of amides is 2. The van der Waals surface area contributed by atoms with Crippen LogP contribution in [0.4, 0.5) is 5.69 Å². The largest absolute Gasteiger partial charge is 0.495 e. The summed E-state index contributed by atoms with van der Waals surface area (Å²) in [6, 6.07) is 4.09. The van der Waals surface area contributed by atoms with Gasteiger partial charge in [-0.2, -0.15) is 0 Å². The van der Waals surface area contributed by atoms with Crippen molar-refractivity contribution in [1.82, 2.24) is 9.62 Å². The molecule has 0 atom stereocenters. The Balaban J connectivity index is 1.89. The van der Waals surface area contributed by atoms with Gasteiger partial charge < -0.3 is 9.64 Å². The minimum atomic E-state index is -3.76. The van der Waals surface area contributed by atoms with E-state index in [1.165, 1.54) is 25.3 Å². The van der Waals surface area contributed by atoms with Crippen molar-refractivity contribution in [1.29, 1.82) is 0 Å². The Hall–Kier alpha value is -1.97. The van der Waals surface area contributed by atoms with Gasteiger partial charge >= 0.3 is 0 Å². The lowest BCUT2D eigenvalue weighted by molar-refractivity contribution is -0.121. The molecule has 2 aliphatic rings. The smallest absolute Gasteiger partial charge is 0.240 e. The van der Waals surface area contributed by atoms with Crippen molar-refractivity contribution in [2.24, 2.45) is 0 Å². The summed E-state index contributed by atoms with van der Waals surface area (Å²) in [5, 5.41) is 0. The molecule has 2 amide bonds. The average Bonchev–Trinajstić information content (AvgIpc) is 2.94. The van der Waals surface area contributed by atoms with Crippen LogP contribution in [0.1, 0.15) is 25.7 Å². The van der Waals surface area contributed by atoms with Crippen LogP contribution < -0.4 is 14.4 Å². The lowest BCUT2D eigenvalue weighted by Gasteiger charge is -2.29. The molecule has 2 heterocycles. The Labute approximate surface area is 153 Å². The van der Waals surface area contributed by atoms with E-state index >= 15 is 0 Å². The number of hydrogen-bond acceptors (Lipinski definition) is 6. The highest BCUT2D eigenvalue weighted by Crippen LogP contribution is 2.34. The number of carbonyl (C=O) groups is 2. The summed E-state index contributed by atoms with van der Waals surface area (Å²) >= 11 is 0. The molecular weight excluding hydrogens is 358 g/mol. The minimum Gasteiger partial charge on any atom is -0.495 e. The maximum Gasteiger partial charge on any atom is 0.240 e. The molecule has 0 radical (unpaired) electrons. The highest BCUT2D eigenvalue weighted by Gasteiger charge is 2.33. The number of benzene rings is 1. The molecule has 2 saturated heterocycles. The Morgan fingerprint density at radius 1 is 1.12 bits per heavy atom. The summed E-state index contributed by atoms with van der Waals surface area (Å²) in [5.74, 6) is -0.427. The monoisotopic (exact) mass is 381 g/mol. The van der Waals surface area contributed by atoms with Crippen LogP contribution >= 0.6 is 0 Å². The van der Waals surface area contributed by atoms with E-state index < -0.39 is 10.0 Å². The number of nitrogens with zero attached hydrogens (tertiary/aromatic N) is 2. The maximum atomic E-state index is 12.8. The molecule has 2 fully saturated rings. The number of methoxy groups -OCH3 is 1. The first-order valence-corrected chi connectivity index (χ1v) is 10.0. The lowest BCUT2D eigenvalue weighted by atomic mass is 10.1. The molecular formula is C17H23N3O5S. The van der Waals surface area contributed by atoms with E-state index in [-0.39, 0.29) is 47.0 Å². The molecule has 26 heavy (non-hydrogen) atoms. The SMILES string of the molecule is COc1ccc(S(=O)(=O)NC2CCN(C)CC2)cc1N1C(=O)CCC1=O. The molecule has 0 saturated carbocycles. The number of ether oxygens (including phenoxy) is 1. The molecule has 142 valence electrons. The van der Waals surface area contributed by atoms with Crippen molar-refractivity contribution < 1.29 is 22.7 Å². The number of nitrogens with one attached hydrogen (secondary N) is 1. The number of imide groups is 1. The Morgan fingerprint density at radius 3 is 2.31 bits per heavy atom. The van der Waals surface area contributed by atoms with E-state index in [2.05, 4.69) is 9.62 Å². The van der Waals surface area contributed by atoms with Gasteiger partial charge in [0.2, 0.25) is 21.8 Å². The molecule has 8 nitrogen and oxygen atoms in total. The summed E-state index contributed by atoms with van der Waals surface area (Å²) in [4.78, 5) is 27.3. The minimum absolute atomic E-state index is 0.0136. The molecule has 0 unspecified atom stereocenters. The lowest BCUT2D eigenvalue weighted by Crippen LogP contribution is -2.43. The van der Waals surface area contributed by atoms with Gasteiger partial charge in [-0.05, 0) is 51.2 Å². The van der Waals surface area contributed by atoms with Gasteiger partial charge in [0.25, 0.3) is 0 Å². The van der Waals surface area contributed by atoms with Crippen LogP contribution in [0.2, 0.25) is 0 Å². The van der Waals surface area contributed by atoms with Crippen LogP contribution in [0.15, 0.2) is 23.1 Å². The first-order valence-electron chi connectivity index (χ1n) is 8.56. The Kier molecular flexibility index (Phi) is 5.31. The number of sulfonamides is 1. The quantitative estimate of drug-likeness (QED) is 0.755. The van der Waals surface area contributed by atoms with E-state index in [0.29, 0.717) is 0 Å². The second-order valence-electron chi connectivity index (χ2n) is 6.66. The zero-order valence-electron chi connectivity index (χ0n) is 14.9. The van der Waals surface area contributed by atoms with Crippen molar-refractivity contribution in [2.45, 2.75) is 36.6 Å². The Morgan fingerprint density at radius 2 is 1.73 bits per heavy atom. The average molecular weight is 381 g/mol. The third kappa shape index (κ3) is 3.74. The standard InChI is InChI=1S/C17H23N3O5S/c1-19-9-7-12(8-10-19)18-26(23,24)13-3-4-15(25-2)14(11-13)20-16(21)5-6-17(20)22/h3-4,11-12,18H,5-10H2,1-2H3. The summed E-state index contributed by atoms with van der Waals surface area (Å²) < 4.78 is 33.5. The van der Waals surface area contributed by atoms with Crippen LogP contribution in [0, 0.1) is 0 Å². The van der Waals surface area contributed by atoms with Crippen LogP contribution in [-0.2, 0) is 19.6 Å². The number of piperidine rings is 1. The van der Waals surface area contributed by atoms with Crippen molar-refractivity contribution in [3.63, 3.8) is 0 Å². The molecule has 3 rings (SSSR count). The molecule has 0 aliphatic carbocycles. The van der Waals surface area contributed by atoms with Gasteiger partial charge in [-0.15, -0.1) is 0 Å². The fourth-order valence-electron chi connectivity index (χ4n) is 3.27. The van der Waals surface area contributed by atoms with Gasteiger partial charge in [0, 0.05) is 18.9 Å². The van der Waals surface area contributed by atoms with E-state index in [9.17, 15) is 18.0 Å². The summed E-state index contributed by atoms with van der Waals surface area (Å²) in [6.07, 6.45) is 1.71. The Bertz CT molecular complexity index is 800. The van der Waals surface area contributed by atoms with Crippen LogP contribution in [0.3, 0.4) is 0 Å². The van der Waals surface area contributed by atoms with Crippen molar-refractivity contribution >= 4 is 27.5 Å². The van der Waals surface area contributed by atoms with Gasteiger partial charge in [0.1, 0.15) is 5.75 Å². The van der Waals surface area contributed by atoms with Crippen LogP contribution in [0.5, 0.6) is 5.75 Å². The maximum absolute atomic E-state index is 12.8. The van der Waals surface area contributed by atoms with Crippen molar-refractivity contribution in [3.05, 3.63) is 18.2 Å². The van der Waals surface area contributed by atoms with Crippen molar-refractivity contribution in [3.8, 4) is 5.75 Å². The van der Waals surface area contributed by atoms with E-state index in [4.69, 9.17) is 4.74 Å². The predicted molar refractivity (Wildman–Crippen MR) is 95.6 cm³/mol. The molecule has 1 aromatic carbocycles. The summed E-state index contributed by atoms with van der Waals surface area (Å²) in [5.41, 5.74) is 0.172. The normalized spacial score (nSPS) is 20.0. The summed E-state index contributed by atoms with van der Waals surface area (Å²) in [7, 11) is -0.347. The van der Waals surface area contributed by atoms with Gasteiger partial charge in [0.05, 0.1) is 17.7 Å². The van der Waals surface area contributed by atoms with Crippen molar-refractivity contribution in [2.75, 3.05) is 32.1 Å². The molecule has 0 aromatic heterocycles. The number of hydrogen-bond donors (Lipinski definition) is 1. The zero-order valence-corrected chi connectivity index (χ0v) is 15.7. The van der Waals surface area contributed by atoms with Gasteiger partial charge in [-0.1, -0.05) is 0 Å². The number of rotatable bonds is 5. The van der Waals surface area contributed by atoms with E-state index in [1.807, 2.05) is 7.05 Å². The fourth-order valence-corrected chi connectivity index (χ4v) is 4.60. The van der Waals surface area contributed by atoms with Crippen LogP contribution in [-0.4, -0.2) is 58.4 Å². The van der Waals surface area contributed by atoms with E-state index in [1.54, 1.807) is 0 Å². The number of anilines is 1. The second-order valence-corrected chi connectivity index (χ2v) is 8.37. The molecule has 0 bridgehead atoms. The first-order chi connectivity index (χ1) is 12.3. The zero-order chi connectivity index (χ0) is 18.9. The topological polar surface area (TPSA) is 96.0 Å². The predicted octanol–water partition coefficient (Wildman–Crippen LogP) is 0.721. The highest BCUT2D eigenvalue weighted by molar-refractivity contribution is 7.89. The van der Waals surface area contributed by atoms with E-state index in [0.717, 1.165) is 30.8 Å².